The van der Waals surface area contributed by atoms with Gasteiger partial charge in [0.1, 0.15) is 0 Å². The van der Waals surface area contributed by atoms with Crippen LogP contribution in [0, 0.1) is 18.3 Å². The van der Waals surface area contributed by atoms with E-state index >= 15 is 0 Å². The van der Waals surface area contributed by atoms with E-state index in [2.05, 4.69) is 18.6 Å². The Balaban J connectivity index is 2.20. The summed E-state index contributed by atoms with van der Waals surface area (Å²) >= 11 is 0. The van der Waals surface area contributed by atoms with Gasteiger partial charge in [0.15, 0.2) is 0 Å². The van der Waals surface area contributed by atoms with Gasteiger partial charge >= 0.3 is 0 Å². The van der Waals surface area contributed by atoms with Crippen molar-refractivity contribution in [2.24, 2.45) is 5.92 Å². The first kappa shape index (κ1) is 4.60. The monoisotopic (exact) mass is 106 g/mol. The lowest BCUT2D eigenvalue weighted by atomic mass is 9.76. The molecule has 2 bridgehead atoms. The molecule has 1 fully saturated rings. The molecule has 42 valence electrons. The van der Waals surface area contributed by atoms with Crippen LogP contribution in [0.15, 0.2) is 12.2 Å². The standard InChI is InChI=1S/C8H10/c1-2-8-5-3-7(1)4-6-8/h1-3,8H,4-6H2. The summed E-state index contributed by atoms with van der Waals surface area (Å²) in [7, 11) is 0. The van der Waals surface area contributed by atoms with E-state index in [4.69, 9.17) is 0 Å². The molecule has 8 heavy (non-hydrogen) atoms. The maximum atomic E-state index is 2.37. The van der Waals surface area contributed by atoms with Gasteiger partial charge in [0, 0.05) is 5.92 Å². The van der Waals surface area contributed by atoms with Gasteiger partial charge in [-0.1, -0.05) is 12.2 Å². The Morgan fingerprint density at radius 3 is 2.62 bits per heavy atom. The summed E-state index contributed by atoms with van der Waals surface area (Å²) < 4.78 is 0. The van der Waals surface area contributed by atoms with Gasteiger partial charge in [-0.25, -0.2) is 0 Å². The van der Waals surface area contributed by atoms with Crippen LogP contribution < -0.4 is 0 Å². The number of fused-ring (bicyclic) bond motifs is 2. The Kier molecular flexibility index (Phi) is 0.927. The quantitative estimate of drug-likeness (QED) is 0.444. The summed E-state index contributed by atoms with van der Waals surface area (Å²) in [5.74, 6) is 2.46. The number of allylic oxidation sites excluding steroid dienone is 2. The molecule has 0 N–H and O–H groups in total. The van der Waals surface area contributed by atoms with Crippen molar-refractivity contribution >= 4 is 0 Å². The summed E-state index contributed by atoms with van der Waals surface area (Å²) in [5.41, 5.74) is 0. The summed E-state index contributed by atoms with van der Waals surface area (Å²) in [6.45, 7) is 0. The normalized spacial score (nSPS) is 29.5. The number of hydrogen-bond donors (Lipinski definition) is 0. The average Bonchev–Trinajstić information content (AvgIpc) is 1.92. The molecule has 1 saturated carbocycles. The molecule has 0 aromatic rings. The lowest BCUT2D eigenvalue weighted by Crippen LogP contribution is -2.15. The van der Waals surface area contributed by atoms with Crippen LogP contribution in [-0.4, -0.2) is 0 Å². The minimum Gasteiger partial charge on any atom is -0.0848 e. The molecule has 0 saturated heterocycles. The minimum atomic E-state index is 0.896. The molecule has 0 heteroatoms. The second-order valence-electron chi connectivity index (χ2n) is 2.67. The van der Waals surface area contributed by atoms with Crippen LogP contribution in [-0.2, 0) is 0 Å². The Morgan fingerprint density at radius 1 is 1.50 bits per heavy atom. The maximum absolute atomic E-state index is 2.37. The van der Waals surface area contributed by atoms with Crippen LogP contribution in [0.4, 0.5) is 0 Å². The highest BCUT2D eigenvalue weighted by Crippen LogP contribution is 2.35. The van der Waals surface area contributed by atoms with Crippen molar-refractivity contribution in [2.75, 3.05) is 0 Å². The van der Waals surface area contributed by atoms with E-state index in [0.29, 0.717) is 0 Å². The summed E-state index contributed by atoms with van der Waals surface area (Å²) in [6, 6.07) is 0. The van der Waals surface area contributed by atoms with E-state index in [0.717, 1.165) is 5.92 Å². The Hall–Kier alpha value is -0.260. The fourth-order valence-corrected chi connectivity index (χ4v) is 1.46. The van der Waals surface area contributed by atoms with Gasteiger partial charge < -0.3 is 0 Å². The van der Waals surface area contributed by atoms with Crippen LogP contribution in [0.2, 0.25) is 0 Å². The fourth-order valence-electron chi connectivity index (χ4n) is 1.46. The molecule has 3 rings (SSSR count). The van der Waals surface area contributed by atoms with Gasteiger partial charge in [0.2, 0.25) is 0 Å². The van der Waals surface area contributed by atoms with Crippen LogP contribution in [0.25, 0.3) is 0 Å². The Morgan fingerprint density at radius 2 is 2.50 bits per heavy atom. The molecular formula is C8H10. The van der Waals surface area contributed by atoms with Crippen molar-refractivity contribution in [1.82, 2.24) is 0 Å². The van der Waals surface area contributed by atoms with Gasteiger partial charge in [-0.2, -0.15) is 0 Å². The van der Waals surface area contributed by atoms with Gasteiger partial charge in [0.25, 0.3) is 0 Å². The second-order valence-corrected chi connectivity index (χ2v) is 2.67. The molecule has 0 heterocycles. The molecule has 3 aliphatic carbocycles. The lowest BCUT2D eigenvalue weighted by Gasteiger charge is -2.28. The molecule has 0 aromatic heterocycles. The molecular weight excluding hydrogens is 96.1 g/mol. The number of rotatable bonds is 0. The minimum absolute atomic E-state index is 0.896. The Labute approximate surface area is 50.6 Å². The fraction of sp³-hybridized carbons (Fsp3) is 0.500. The van der Waals surface area contributed by atoms with E-state index in [1.807, 2.05) is 0 Å². The SMILES string of the molecule is [CH]1CC2C=C[C]1CC2. The Bertz CT molecular complexity index is 91.2. The molecule has 0 nitrogen and oxygen atoms in total. The van der Waals surface area contributed by atoms with Crippen molar-refractivity contribution in [3.8, 4) is 0 Å². The van der Waals surface area contributed by atoms with Crippen LogP contribution in [0.1, 0.15) is 19.3 Å². The molecule has 0 aromatic carbocycles. The zero-order valence-electron chi connectivity index (χ0n) is 4.93. The first-order valence-electron chi connectivity index (χ1n) is 3.32. The third-order valence-electron chi connectivity index (χ3n) is 2.07. The largest absolute Gasteiger partial charge is 0.0848 e. The van der Waals surface area contributed by atoms with E-state index in [9.17, 15) is 0 Å². The first-order valence-corrected chi connectivity index (χ1v) is 3.32. The highest BCUT2D eigenvalue weighted by molar-refractivity contribution is 5.27. The van der Waals surface area contributed by atoms with Gasteiger partial charge in [-0.15, -0.1) is 0 Å². The van der Waals surface area contributed by atoms with Crippen LogP contribution >= 0.6 is 0 Å². The molecule has 1 atom stereocenters. The van der Waals surface area contributed by atoms with Gasteiger partial charge in [0.05, 0.1) is 0 Å². The highest BCUT2D eigenvalue weighted by atomic mass is 14.3. The van der Waals surface area contributed by atoms with Crippen LogP contribution in [0.5, 0.6) is 0 Å². The van der Waals surface area contributed by atoms with E-state index in [1.54, 1.807) is 5.92 Å². The molecule has 0 aliphatic heterocycles. The van der Waals surface area contributed by atoms with E-state index < -0.39 is 0 Å². The summed E-state index contributed by atoms with van der Waals surface area (Å²) in [6.07, 6.45) is 11.0. The average molecular weight is 106 g/mol. The molecule has 0 amide bonds. The maximum Gasteiger partial charge on any atom is 0.000715 e. The van der Waals surface area contributed by atoms with Crippen molar-refractivity contribution in [2.45, 2.75) is 19.3 Å². The van der Waals surface area contributed by atoms with Gasteiger partial charge in [-0.05, 0) is 31.6 Å². The molecule has 3 aliphatic rings. The highest BCUT2D eigenvalue weighted by Gasteiger charge is 2.22. The molecule has 0 spiro atoms. The van der Waals surface area contributed by atoms with E-state index in [1.165, 1.54) is 19.3 Å². The predicted molar refractivity (Wildman–Crippen MR) is 34.0 cm³/mol. The topological polar surface area (TPSA) is 0 Å². The summed E-state index contributed by atoms with van der Waals surface area (Å²) in [4.78, 5) is 0. The first-order chi connectivity index (χ1) is 3.95. The zero-order valence-corrected chi connectivity index (χ0v) is 4.93. The molecule has 2 radical (unpaired) electrons. The smallest absolute Gasteiger partial charge is 0.000715 e. The summed E-state index contributed by atoms with van der Waals surface area (Å²) in [5, 5.41) is 0. The zero-order chi connectivity index (χ0) is 5.40. The number of hydrogen-bond acceptors (Lipinski definition) is 0. The molecule has 1 unspecified atom stereocenters. The van der Waals surface area contributed by atoms with Crippen molar-refractivity contribution in [3.63, 3.8) is 0 Å². The third-order valence-corrected chi connectivity index (χ3v) is 2.07. The van der Waals surface area contributed by atoms with E-state index in [-0.39, 0.29) is 0 Å². The predicted octanol–water partition coefficient (Wildman–Crippen LogP) is 2.14. The van der Waals surface area contributed by atoms with Crippen molar-refractivity contribution in [3.05, 3.63) is 24.5 Å². The van der Waals surface area contributed by atoms with Gasteiger partial charge in [-0.3, -0.25) is 0 Å². The third kappa shape index (κ3) is 0.594. The van der Waals surface area contributed by atoms with Crippen LogP contribution in [0.3, 0.4) is 0 Å². The van der Waals surface area contributed by atoms with Crippen molar-refractivity contribution < 1.29 is 0 Å². The second kappa shape index (κ2) is 1.61. The lowest BCUT2D eigenvalue weighted by molar-refractivity contribution is 0.498. The van der Waals surface area contributed by atoms with Crippen molar-refractivity contribution in [1.29, 1.82) is 0 Å².